The van der Waals surface area contributed by atoms with Gasteiger partial charge in [-0.05, 0) is 24.3 Å². The minimum absolute atomic E-state index is 0.0174. The molecule has 1 aliphatic rings. The maximum Gasteiger partial charge on any atom is 0.218 e. The third-order valence-corrected chi connectivity index (χ3v) is 5.82. The van der Waals surface area contributed by atoms with E-state index >= 15 is 0 Å². The first-order valence-corrected chi connectivity index (χ1v) is 8.91. The van der Waals surface area contributed by atoms with Crippen molar-refractivity contribution < 1.29 is 13.5 Å². The largest absolute Gasteiger partial charge is 0.396 e. The molecule has 0 aliphatic carbocycles. The fourth-order valence-corrected chi connectivity index (χ4v) is 4.29. The number of rotatable bonds is 6. The summed E-state index contributed by atoms with van der Waals surface area (Å²) in [5.74, 6) is 0.248. The van der Waals surface area contributed by atoms with Gasteiger partial charge in [-0.25, -0.2) is 12.7 Å². The Kier molecular flexibility index (Phi) is 5.32. The van der Waals surface area contributed by atoms with E-state index in [1.807, 2.05) is 0 Å². The normalized spacial score (nSPS) is 19.8. The zero-order chi connectivity index (χ0) is 15.5. The van der Waals surface area contributed by atoms with Crippen molar-refractivity contribution in [3.8, 4) is 0 Å². The fourth-order valence-electron chi connectivity index (χ4n) is 2.54. The summed E-state index contributed by atoms with van der Waals surface area (Å²) < 4.78 is 26.3. The molecule has 2 rings (SSSR count). The SMILES string of the molecule is NC(=S)c1ccc(CS(=O)(=O)N2CCC(CCO)C2)cc1. The molecule has 116 valence electrons. The van der Waals surface area contributed by atoms with Crippen LogP contribution in [0.5, 0.6) is 0 Å². The van der Waals surface area contributed by atoms with Gasteiger partial charge in [0.1, 0.15) is 4.99 Å². The first kappa shape index (κ1) is 16.4. The highest BCUT2D eigenvalue weighted by atomic mass is 32.2. The standard InChI is InChI=1S/C14H20N2O3S2/c15-14(20)13-3-1-12(2-4-13)10-21(18,19)16-7-5-11(9-16)6-8-17/h1-4,11,17H,5-10H2,(H2,15,20). The zero-order valence-electron chi connectivity index (χ0n) is 11.7. The Hall–Kier alpha value is -1.02. The maximum atomic E-state index is 12.4. The van der Waals surface area contributed by atoms with Crippen molar-refractivity contribution >= 4 is 27.2 Å². The van der Waals surface area contributed by atoms with Gasteiger partial charge < -0.3 is 10.8 Å². The average molecular weight is 328 g/mol. The molecule has 0 amide bonds. The van der Waals surface area contributed by atoms with Gasteiger partial charge in [0.2, 0.25) is 10.0 Å². The molecule has 0 bridgehead atoms. The number of nitrogens with two attached hydrogens (primary N) is 1. The van der Waals surface area contributed by atoms with Gasteiger partial charge in [-0.1, -0.05) is 36.5 Å². The Morgan fingerprint density at radius 2 is 2.05 bits per heavy atom. The van der Waals surface area contributed by atoms with Gasteiger partial charge in [-0.15, -0.1) is 0 Å². The highest BCUT2D eigenvalue weighted by Gasteiger charge is 2.30. The summed E-state index contributed by atoms with van der Waals surface area (Å²) in [7, 11) is -3.31. The van der Waals surface area contributed by atoms with E-state index < -0.39 is 10.0 Å². The topological polar surface area (TPSA) is 83.6 Å². The number of hydrogen-bond acceptors (Lipinski definition) is 4. The van der Waals surface area contributed by atoms with E-state index in [1.54, 1.807) is 24.3 Å². The second-order valence-corrected chi connectivity index (χ2v) is 7.75. The van der Waals surface area contributed by atoms with Crippen LogP contribution in [0.1, 0.15) is 24.0 Å². The molecule has 7 heteroatoms. The number of nitrogens with zero attached hydrogens (tertiary/aromatic N) is 1. The lowest BCUT2D eigenvalue weighted by molar-refractivity contribution is 0.259. The van der Waals surface area contributed by atoms with E-state index in [9.17, 15) is 8.42 Å². The van der Waals surface area contributed by atoms with Crippen LogP contribution in [0.25, 0.3) is 0 Å². The molecular weight excluding hydrogens is 308 g/mol. The van der Waals surface area contributed by atoms with Crippen molar-refractivity contribution in [1.29, 1.82) is 0 Å². The quantitative estimate of drug-likeness (QED) is 0.757. The minimum Gasteiger partial charge on any atom is -0.396 e. The van der Waals surface area contributed by atoms with Gasteiger partial charge in [-0.2, -0.15) is 0 Å². The molecule has 5 nitrogen and oxygen atoms in total. The van der Waals surface area contributed by atoms with Gasteiger partial charge >= 0.3 is 0 Å². The Morgan fingerprint density at radius 1 is 1.38 bits per heavy atom. The smallest absolute Gasteiger partial charge is 0.218 e. The summed E-state index contributed by atoms with van der Waals surface area (Å²) >= 11 is 4.87. The monoisotopic (exact) mass is 328 g/mol. The number of benzene rings is 1. The first-order valence-electron chi connectivity index (χ1n) is 6.90. The maximum absolute atomic E-state index is 12.4. The summed E-state index contributed by atoms with van der Waals surface area (Å²) in [4.78, 5) is 0.302. The predicted octanol–water partition coefficient (Wildman–Crippen LogP) is 0.855. The van der Waals surface area contributed by atoms with Crippen molar-refractivity contribution in [1.82, 2.24) is 4.31 Å². The molecule has 1 saturated heterocycles. The lowest BCUT2D eigenvalue weighted by Gasteiger charge is -2.16. The Morgan fingerprint density at radius 3 is 2.62 bits per heavy atom. The highest BCUT2D eigenvalue weighted by Crippen LogP contribution is 2.23. The predicted molar refractivity (Wildman–Crippen MR) is 86.3 cm³/mol. The van der Waals surface area contributed by atoms with Gasteiger partial charge in [0.05, 0.1) is 5.75 Å². The lowest BCUT2D eigenvalue weighted by atomic mass is 10.1. The molecule has 1 unspecified atom stereocenters. The number of aliphatic hydroxyl groups is 1. The third-order valence-electron chi connectivity index (χ3n) is 3.77. The van der Waals surface area contributed by atoms with Gasteiger partial charge in [0.15, 0.2) is 0 Å². The number of sulfonamides is 1. The van der Waals surface area contributed by atoms with Crippen LogP contribution in [-0.2, 0) is 15.8 Å². The molecule has 0 aromatic heterocycles. The van der Waals surface area contributed by atoms with E-state index in [1.165, 1.54) is 4.31 Å². The average Bonchev–Trinajstić information content (AvgIpc) is 2.89. The molecule has 21 heavy (non-hydrogen) atoms. The van der Waals surface area contributed by atoms with Crippen LogP contribution in [0.4, 0.5) is 0 Å². The van der Waals surface area contributed by atoms with Crippen LogP contribution in [0.2, 0.25) is 0 Å². The van der Waals surface area contributed by atoms with E-state index in [-0.39, 0.29) is 18.3 Å². The van der Waals surface area contributed by atoms with Gasteiger partial charge in [0, 0.05) is 25.3 Å². The first-order chi connectivity index (χ1) is 9.92. The van der Waals surface area contributed by atoms with Gasteiger partial charge in [-0.3, -0.25) is 0 Å². The number of thiocarbonyl (C=S) groups is 1. The van der Waals surface area contributed by atoms with E-state index in [2.05, 4.69) is 0 Å². The van der Waals surface area contributed by atoms with Crippen LogP contribution in [0.15, 0.2) is 24.3 Å². The van der Waals surface area contributed by atoms with Crippen molar-refractivity contribution in [3.63, 3.8) is 0 Å². The highest BCUT2D eigenvalue weighted by molar-refractivity contribution is 7.88. The van der Waals surface area contributed by atoms with Gasteiger partial charge in [0.25, 0.3) is 0 Å². The minimum atomic E-state index is -3.31. The summed E-state index contributed by atoms with van der Waals surface area (Å²) in [6.07, 6.45) is 1.48. The second kappa shape index (κ2) is 6.83. The van der Waals surface area contributed by atoms with Crippen LogP contribution in [0.3, 0.4) is 0 Å². The van der Waals surface area contributed by atoms with E-state index in [0.717, 1.165) is 17.5 Å². The molecule has 1 fully saturated rings. The zero-order valence-corrected chi connectivity index (χ0v) is 13.4. The Balaban J connectivity index is 2.02. The van der Waals surface area contributed by atoms with Crippen molar-refractivity contribution in [2.45, 2.75) is 18.6 Å². The second-order valence-electron chi connectivity index (χ2n) is 5.34. The number of aliphatic hydroxyl groups excluding tert-OH is 1. The molecule has 1 atom stereocenters. The Bertz CT molecular complexity index is 599. The van der Waals surface area contributed by atoms with Crippen molar-refractivity contribution in [2.75, 3.05) is 19.7 Å². The van der Waals surface area contributed by atoms with Crippen LogP contribution in [0, 0.1) is 5.92 Å². The van der Waals surface area contributed by atoms with E-state index in [0.29, 0.717) is 24.5 Å². The summed E-state index contributed by atoms with van der Waals surface area (Å²) in [5, 5.41) is 8.93. The summed E-state index contributed by atoms with van der Waals surface area (Å²) in [6, 6.07) is 6.97. The number of hydrogen-bond donors (Lipinski definition) is 2. The molecular formula is C14H20N2O3S2. The Labute approximate surface area is 130 Å². The fraction of sp³-hybridized carbons (Fsp3) is 0.500. The molecule has 3 N–H and O–H groups in total. The van der Waals surface area contributed by atoms with Crippen molar-refractivity contribution in [2.24, 2.45) is 11.7 Å². The van der Waals surface area contributed by atoms with E-state index in [4.69, 9.17) is 23.1 Å². The third kappa shape index (κ3) is 4.23. The lowest BCUT2D eigenvalue weighted by Crippen LogP contribution is -2.30. The molecule has 1 heterocycles. The molecule has 1 aliphatic heterocycles. The molecule has 0 saturated carbocycles. The summed E-state index contributed by atoms with van der Waals surface area (Å²) in [6.45, 7) is 1.16. The van der Waals surface area contributed by atoms with Crippen LogP contribution < -0.4 is 5.73 Å². The molecule has 1 aromatic carbocycles. The molecule has 0 spiro atoms. The van der Waals surface area contributed by atoms with Crippen LogP contribution >= 0.6 is 12.2 Å². The summed E-state index contributed by atoms with van der Waals surface area (Å²) in [5.41, 5.74) is 6.97. The molecule has 0 radical (unpaired) electrons. The van der Waals surface area contributed by atoms with Crippen LogP contribution in [-0.4, -0.2) is 42.5 Å². The van der Waals surface area contributed by atoms with Crippen molar-refractivity contribution in [3.05, 3.63) is 35.4 Å². The molecule has 1 aromatic rings.